The molecule has 0 aliphatic rings. The number of nitriles is 1. The van der Waals surface area contributed by atoms with Crippen molar-refractivity contribution >= 4 is 27.3 Å². The summed E-state index contributed by atoms with van der Waals surface area (Å²) in [6, 6.07) is 23.8. The van der Waals surface area contributed by atoms with Gasteiger partial charge in [-0.25, -0.2) is 18.1 Å². The second kappa shape index (κ2) is 11.1. The largest absolute Gasteiger partial charge is 0.493 e. The van der Waals surface area contributed by atoms with E-state index in [-0.39, 0.29) is 23.1 Å². The summed E-state index contributed by atoms with van der Waals surface area (Å²) >= 11 is 1.10. The normalized spacial score (nSPS) is 11.7. The number of hydrogen-bond acceptors (Lipinski definition) is 8. The number of halogens is 3. The van der Waals surface area contributed by atoms with Gasteiger partial charge in [0.2, 0.25) is 11.0 Å². The number of nitrogens with one attached hydrogen (secondary N) is 1. The van der Waals surface area contributed by atoms with Crippen LogP contribution in [0.25, 0.3) is 27.5 Å². The van der Waals surface area contributed by atoms with E-state index < -0.39 is 27.0 Å². The highest BCUT2D eigenvalue weighted by atomic mass is 32.2. The van der Waals surface area contributed by atoms with Gasteiger partial charge in [-0.2, -0.15) is 28.2 Å². The standard InChI is InChI=1S/C28H18F3N5O4S2/c29-28(30,31)26(38)35-42(39,40)22-11-9-17(10-12-22)13-23-24(34-36(25(23)37)27-33-21(15-32)16-41-27)20-8-4-7-19(14-20)18-5-2-1-3-6-18/h1-12,14,16,37H,13H2,(H,35,38). The Morgan fingerprint density at radius 3 is 2.31 bits per heavy atom. The molecule has 5 rings (SSSR count). The molecule has 212 valence electrons. The van der Waals surface area contributed by atoms with Crippen molar-refractivity contribution < 1.29 is 31.5 Å². The predicted octanol–water partition coefficient (Wildman–Crippen LogP) is 5.20. The van der Waals surface area contributed by atoms with Crippen LogP contribution in [0.2, 0.25) is 0 Å². The van der Waals surface area contributed by atoms with Gasteiger partial charge in [0.05, 0.1) is 4.90 Å². The number of thiazole rings is 1. The number of amides is 1. The zero-order valence-electron chi connectivity index (χ0n) is 21.2. The summed E-state index contributed by atoms with van der Waals surface area (Å²) in [5.74, 6) is -2.86. The minimum absolute atomic E-state index is 0.0441. The maximum Gasteiger partial charge on any atom is 0.472 e. The monoisotopic (exact) mass is 609 g/mol. The van der Waals surface area contributed by atoms with E-state index in [0.717, 1.165) is 39.3 Å². The molecule has 2 heterocycles. The van der Waals surface area contributed by atoms with Gasteiger partial charge in [-0.3, -0.25) is 4.79 Å². The fourth-order valence-corrected chi connectivity index (χ4v) is 5.76. The van der Waals surface area contributed by atoms with Crippen LogP contribution in [-0.2, 0) is 21.2 Å². The van der Waals surface area contributed by atoms with E-state index in [9.17, 15) is 36.8 Å². The number of benzene rings is 3. The summed E-state index contributed by atoms with van der Waals surface area (Å²) in [7, 11) is -4.77. The molecule has 9 nitrogen and oxygen atoms in total. The third-order valence-corrected chi connectivity index (χ3v) is 8.25. The number of rotatable bonds is 7. The van der Waals surface area contributed by atoms with E-state index in [4.69, 9.17) is 0 Å². The molecule has 5 aromatic rings. The number of aromatic hydroxyl groups is 1. The Morgan fingerprint density at radius 1 is 1.00 bits per heavy atom. The van der Waals surface area contributed by atoms with Gasteiger partial charge in [0.15, 0.2) is 5.69 Å². The highest BCUT2D eigenvalue weighted by Crippen LogP contribution is 2.36. The Morgan fingerprint density at radius 2 is 1.67 bits per heavy atom. The number of sulfonamides is 1. The first kappa shape index (κ1) is 28.5. The van der Waals surface area contributed by atoms with Gasteiger partial charge in [0, 0.05) is 22.9 Å². The lowest BCUT2D eigenvalue weighted by molar-refractivity contribution is -0.171. The third-order valence-electron chi connectivity index (χ3n) is 6.09. The molecule has 0 aliphatic heterocycles. The van der Waals surface area contributed by atoms with E-state index in [0.29, 0.717) is 22.4 Å². The lowest BCUT2D eigenvalue weighted by atomic mass is 9.98. The van der Waals surface area contributed by atoms with E-state index in [1.54, 1.807) is 0 Å². The molecule has 0 aliphatic carbocycles. The zero-order valence-corrected chi connectivity index (χ0v) is 22.8. The molecule has 0 bridgehead atoms. The quantitative estimate of drug-likeness (QED) is 0.259. The SMILES string of the molecule is N#Cc1csc(-n2nc(-c3cccc(-c4ccccc4)c3)c(Cc3ccc(S(=O)(=O)NC(=O)C(F)(F)F)cc3)c2O)n1. The van der Waals surface area contributed by atoms with Crippen molar-refractivity contribution in [1.82, 2.24) is 19.5 Å². The summed E-state index contributed by atoms with van der Waals surface area (Å²) in [5, 5.41) is 26.8. The number of nitrogens with zero attached hydrogens (tertiary/aromatic N) is 4. The van der Waals surface area contributed by atoms with Gasteiger partial charge < -0.3 is 5.11 Å². The smallest absolute Gasteiger partial charge is 0.472 e. The van der Waals surface area contributed by atoms with Crippen LogP contribution >= 0.6 is 11.3 Å². The van der Waals surface area contributed by atoms with Crippen LogP contribution < -0.4 is 4.72 Å². The Bertz CT molecular complexity index is 1930. The van der Waals surface area contributed by atoms with Crippen molar-refractivity contribution in [3.8, 4) is 39.5 Å². The van der Waals surface area contributed by atoms with E-state index in [2.05, 4.69) is 10.1 Å². The van der Waals surface area contributed by atoms with E-state index in [1.807, 2.05) is 60.7 Å². The number of alkyl halides is 3. The zero-order chi connectivity index (χ0) is 30.1. The van der Waals surface area contributed by atoms with E-state index in [1.165, 1.54) is 22.2 Å². The molecule has 0 spiro atoms. The van der Waals surface area contributed by atoms with Crippen molar-refractivity contribution in [2.75, 3.05) is 0 Å². The molecule has 14 heteroatoms. The van der Waals surface area contributed by atoms with Crippen LogP contribution in [0.5, 0.6) is 5.88 Å². The molecular weight excluding hydrogens is 591 g/mol. The molecule has 2 aromatic heterocycles. The number of hydrogen-bond donors (Lipinski definition) is 2. The molecule has 0 fully saturated rings. The van der Waals surface area contributed by atoms with Gasteiger partial charge in [-0.05, 0) is 34.9 Å². The Kier molecular flexibility index (Phi) is 7.55. The second-order valence-corrected chi connectivity index (χ2v) is 11.4. The minimum atomic E-state index is -5.37. The first-order chi connectivity index (χ1) is 20.0. The lowest BCUT2D eigenvalue weighted by Gasteiger charge is -2.10. The fraction of sp³-hybridized carbons (Fsp3) is 0.0714. The highest BCUT2D eigenvalue weighted by Gasteiger charge is 2.41. The molecule has 1 amide bonds. The maximum atomic E-state index is 12.6. The van der Waals surface area contributed by atoms with Crippen molar-refractivity contribution in [2.24, 2.45) is 0 Å². The third kappa shape index (κ3) is 5.87. The molecule has 2 N–H and O–H groups in total. The van der Waals surface area contributed by atoms with Gasteiger partial charge in [0.1, 0.15) is 11.8 Å². The molecule has 0 saturated heterocycles. The lowest BCUT2D eigenvalue weighted by Crippen LogP contribution is -2.40. The Balaban J connectivity index is 1.53. The van der Waals surface area contributed by atoms with Crippen LogP contribution in [0.15, 0.2) is 89.1 Å². The molecule has 42 heavy (non-hydrogen) atoms. The van der Waals surface area contributed by atoms with Crippen molar-refractivity contribution in [3.63, 3.8) is 0 Å². The molecule has 0 unspecified atom stereocenters. The second-order valence-electron chi connectivity index (χ2n) is 8.89. The topological polar surface area (TPSA) is 138 Å². The fourth-order valence-electron chi connectivity index (χ4n) is 4.09. The van der Waals surface area contributed by atoms with Crippen LogP contribution in [0, 0.1) is 11.3 Å². The highest BCUT2D eigenvalue weighted by molar-refractivity contribution is 7.90. The Labute approximate surface area is 241 Å². The van der Waals surface area contributed by atoms with Gasteiger partial charge in [-0.15, -0.1) is 11.3 Å². The maximum absolute atomic E-state index is 12.6. The summed E-state index contributed by atoms with van der Waals surface area (Å²) in [5.41, 5.74) is 3.90. The van der Waals surface area contributed by atoms with Gasteiger partial charge >= 0.3 is 12.1 Å². The van der Waals surface area contributed by atoms with Crippen LogP contribution in [0.4, 0.5) is 13.2 Å². The average Bonchev–Trinajstić information content (AvgIpc) is 3.58. The molecule has 0 radical (unpaired) electrons. The predicted molar refractivity (Wildman–Crippen MR) is 147 cm³/mol. The van der Waals surface area contributed by atoms with Crippen LogP contribution in [0.1, 0.15) is 16.8 Å². The number of aromatic nitrogens is 3. The molecule has 0 atom stereocenters. The average molecular weight is 610 g/mol. The molecule has 0 saturated carbocycles. The summed E-state index contributed by atoms with van der Waals surface area (Å²) in [6.45, 7) is 0. The van der Waals surface area contributed by atoms with Crippen molar-refractivity contribution in [3.05, 3.63) is 101 Å². The number of carbonyl (C=O) groups excluding carboxylic acids is 1. The summed E-state index contributed by atoms with van der Waals surface area (Å²) in [4.78, 5) is 14.8. The molecule has 3 aromatic carbocycles. The summed E-state index contributed by atoms with van der Waals surface area (Å²) < 4.78 is 64.4. The first-order valence-electron chi connectivity index (χ1n) is 12.0. The van der Waals surface area contributed by atoms with Crippen LogP contribution in [-0.4, -0.2) is 40.4 Å². The van der Waals surface area contributed by atoms with Crippen molar-refractivity contribution in [2.45, 2.75) is 17.5 Å². The van der Waals surface area contributed by atoms with Gasteiger partial charge in [-0.1, -0.05) is 60.7 Å². The van der Waals surface area contributed by atoms with Crippen molar-refractivity contribution in [1.29, 1.82) is 5.26 Å². The number of carbonyl (C=O) groups is 1. The first-order valence-corrected chi connectivity index (χ1v) is 14.4. The Hall–Kier alpha value is -5.00. The minimum Gasteiger partial charge on any atom is -0.493 e. The van der Waals surface area contributed by atoms with Crippen LogP contribution in [0.3, 0.4) is 0 Å². The van der Waals surface area contributed by atoms with E-state index >= 15 is 0 Å². The molecular formula is C28H18F3N5O4S2. The van der Waals surface area contributed by atoms with Gasteiger partial charge in [0.25, 0.3) is 10.0 Å². The summed E-state index contributed by atoms with van der Waals surface area (Å²) in [6.07, 6.45) is -5.33.